The van der Waals surface area contributed by atoms with Gasteiger partial charge in [0, 0.05) is 20.0 Å². The highest BCUT2D eigenvalue weighted by Gasteiger charge is 2.41. The summed E-state index contributed by atoms with van der Waals surface area (Å²) in [5, 5.41) is 0. The predicted octanol–water partition coefficient (Wildman–Crippen LogP) is 1.79. The summed E-state index contributed by atoms with van der Waals surface area (Å²) in [6.07, 6.45) is 1.08. The topological polar surface area (TPSA) is 44.8 Å². The van der Waals surface area contributed by atoms with Crippen molar-refractivity contribution < 1.29 is 19.0 Å². The number of benzene rings is 1. The summed E-state index contributed by atoms with van der Waals surface area (Å²) < 4.78 is 16.1. The Labute approximate surface area is 100 Å². The van der Waals surface area contributed by atoms with E-state index in [0.717, 1.165) is 5.75 Å². The second-order valence-electron chi connectivity index (χ2n) is 4.19. The Morgan fingerprint density at radius 1 is 1.29 bits per heavy atom. The second kappa shape index (κ2) is 5.19. The molecule has 4 heteroatoms. The quantitative estimate of drug-likeness (QED) is 0.731. The van der Waals surface area contributed by atoms with Gasteiger partial charge in [-0.2, -0.15) is 0 Å². The molecule has 1 heterocycles. The van der Waals surface area contributed by atoms with Gasteiger partial charge in [-0.15, -0.1) is 0 Å². The van der Waals surface area contributed by atoms with Crippen molar-refractivity contribution in [3.05, 3.63) is 30.3 Å². The normalized spacial score (nSPS) is 23.5. The molecule has 0 saturated carbocycles. The van der Waals surface area contributed by atoms with Crippen LogP contribution in [-0.4, -0.2) is 31.9 Å². The van der Waals surface area contributed by atoms with E-state index in [4.69, 9.17) is 14.2 Å². The van der Waals surface area contributed by atoms with Crippen LogP contribution in [0.25, 0.3) is 0 Å². The van der Waals surface area contributed by atoms with Crippen LogP contribution in [0.5, 0.6) is 5.75 Å². The molecule has 1 atom stereocenters. The number of rotatable bonds is 5. The lowest BCUT2D eigenvalue weighted by Crippen LogP contribution is -2.40. The van der Waals surface area contributed by atoms with Gasteiger partial charge in [-0.1, -0.05) is 18.2 Å². The lowest BCUT2D eigenvalue weighted by atomic mass is 10.0. The zero-order valence-corrected chi connectivity index (χ0v) is 9.85. The highest BCUT2D eigenvalue weighted by atomic mass is 16.6. The lowest BCUT2D eigenvalue weighted by molar-refractivity contribution is -0.155. The summed E-state index contributed by atoms with van der Waals surface area (Å²) in [6, 6.07) is 9.47. The van der Waals surface area contributed by atoms with Gasteiger partial charge in [0.25, 0.3) is 0 Å². The van der Waals surface area contributed by atoms with E-state index in [0.29, 0.717) is 26.1 Å². The number of hydrogen-bond acceptors (Lipinski definition) is 4. The Morgan fingerprint density at radius 2 is 2.06 bits per heavy atom. The molecule has 4 nitrogen and oxygen atoms in total. The van der Waals surface area contributed by atoms with Gasteiger partial charge >= 0.3 is 5.97 Å². The SMILES string of the molecule is COCC1(COc2ccccc2)CCC(=O)O1. The molecule has 1 fully saturated rings. The summed E-state index contributed by atoms with van der Waals surface area (Å²) in [7, 11) is 1.59. The Kier molecular flexibility index (Phi) is 3.64. The highest BCUT2D eigenvalue weighted by molar-refractivity contribution is 5.72. The number of para-hydroxylation sites is 1. The first-order valence-corrected chi connectivity index (χ1v) is 5.63. The smallest absolute Gasteiger partial charge is 0.306 e. The molecule has 0 amide bonds. The number of ether oxygens (including phenoxy) is 3. The van der Waals surface area contributed by atoms with Gasteiger partial charge in [0.1, 0.15) is 12.4 Å². The van der Waals surface area contributed by atoms with Gasteiger partial charge < -0.3 is 14.2 Å². The fourth-order valence-corrected chi connectivity index (χ4v) is 1.91. The molecule has 2 rings (SSSR count). The van der Waals surface area contributed by atoms with Crippen molar-refractivity contribution >= 4 is 5.97 Å². The van der Waals surface area contributed by atoms with Crippen LogP contribution in [0.4, 0.5) is 0 Å². The standard InChI is InChI=1S/C13H16O4/c1-15-9-13(8-7-12(14)17-13)10-16-11-5-3-2-4-6-11/h2-6H,7-10H2,1H3. The van der Waals surface area contributed by atoms with Crippen LogP contribution < -0.4 is 4.74 Å². The van der Waals surface area contributed by atoms with Gasteiger partial charge in [0.05, 0.1) is 6.61 Å². The lowest BCUT2D eigenvalue weighted by Gasteiger charge is -2.26. The minimum atomic E-state index is -0.623. The molecule has 0 N–H and O–H groups in total. The number of hydrogen-bond donors (Lipinski definition) is 0. The maximum Gasteiger partial charge on any atom is 0.306 e. The van der Waals surface area contributed by atoms with E-state index in [2.05, 4.69) is 0 Å². The number of cyclic esters (lactones) is 1. The summed E-state index contributed by atoms with van der Waals surface area (Å²) in [4.78, 5) is 11.2. The number of carbonyl (C=O) groups excluding carboxylic acids is 1. The first kappa shape index (κ1) is 11.9. The van der Waals surface area contributed by atoms with Crippen molar-refractivity contribution in [2.24, 2.45) is 0 Å². The molecule has 1 aromatic rings. The Balaban J connectivity index is 1.97. The van der Waals surface area contributed by atoms with Gasteiger partial charge in [-0.3, -0.25) is 4.79 Å². The van der Waals surface area contributed by atoms with E-state index in [-0.39, 0.29) is 5.97 Å². The number of methoxy groups -OCH3 is 1. The molecule has 1 aliphatic heterocycles. The van der Waals surface area contributed by atoms with Crippen LogP contribution in [0.3, 0.4) is 0 Å². The van der Waals surface area contributed by atoms with E-state index < -0.39 is 5.60 Å². The molecule has 92 valence electrons. The van der Waals surface area contributed by atoms with Crippen molar-refractivity contribution in [2.75, 3.05) is 20.3 Å². The van der Waals surface area contributed by atoms with Crippen LogP contribution >= 0.6 is 0 Å². The average molecular weight is 236 g/mol. The predicted molar refractivity (Wildman–Crippen MR) is 61.9 cm³/mol. The van der Waals surface area contributed by atoms with Crippen molar-refractivity contribution in [2.45, 2.75) is 18.4 Å². The van der Waals surface area contributed by atoms with Crippen LogP contribution in [0.2, 0.25) is 0 Å². The molecule has 0 radical (unpaired) electrons. The Bertz CT molecular complexity index is 376. The van der Waals surface area contributed by atoms with Crippen molar-refractivity contribution in [1.29, 1.82) is 0 Å². The zero-order chi connectivity index (χ0) is 12.1. The van der Waals surface area contributed by atoms with Gasteiger partial charge in [-0.05, 0) is 12.1 Å². The van der Waals surface area contributed by atoms with Gasteiger partial charge in [-0.25, -0.2) is 0 Å². The first-order chi connectivity index (χ1) is 8.24. The van der Waals surface area contributed by atoms with E-state index >= 15 is 0 Å². The third kappa shape index (κ3) is 2.97. The molecular formula is C13H16O4. The fourth-order valence-electron chi connectivity index (χ4n) is 1.91. The fraction of sp³-hybridized carbons (Fsp3) is 0.462. The first-order valence-electron chi connectivity index (χ1n) is 5.63. The molecule has 0 bridgehead atoms. The van der Waals surface area contributed by atoms with Crippen molar-refractivity contribution in [3.63, 3.8) is 0 Å². The molecular weight excluding hydrogens is 220 g/mol. The third-order valence-electron chi connectivity index (χ3n) is 2.77. The largest absolute Gasteiger partial charge is 0.489 e. The molecule has 1 unspecified atom stereocenters. The van der Waals surface area contributed by atoms with Crippen molar-refractivity contribution in [3.8, 4) is 5.75 Å². The van der Waals surface area contributed by atoms with Gasteiger partial charge in [0.2, 0.25) is 0 Å². The van der Waals surface area contributed by atoms with Crippen LogP contribution in [0.15, 0.2) is 30.3 Å². The Morgan fingerprint density at radius 3 is 2.65 bits per heavy atom. The van der Waals surface area contributed by atoms with Crippen LogP contribution in [-0.2, 0) is 14.3 Å². The van der Waals surface area contributed by atoms with Gasteiger partial charge in [0.15, 0.2) is 5.60 Å². The van der Waals surface area contributed by atoms with Crippen LogP contribution in [0, 0.1) is 0 Å². The molecule has 0 spiro atoms. The molecule has 17 heavy (non-hydrogen) atoms. The molecule has 1 aromatic carbocycles. The second-order valence-corrected chi connectivity index (χ2v) is 4.19. The van der Waals surface area contributed by atoms with E-state index in [1.54, 1.807) is 7.11 Å². The molecule has 0 aliphatic carbocycles. The average Bonchev–Trinajstić information content (AvgIpc) is 2.71. The maximum absolute atomic E-state index is 11.2. The van der Waals surface area contributed by atoms with E-state index in [1.807, 2.05) is 30.3 Å². The number of carbonyl (C=O) groups is 1. The molecule has 1 saturated heterocycles. The monoisotopic (exact) mass is 236 g/mol. The minimum absolute atomic E-state index is 0.182. The minimum Gasteiger partial charge on any atom is -0.489 e. The molecule has 0 aromatic heterocycles. The van der Waals surface area contributed by atoms with E-state index in [1.165, 1.54) is 0 Å². The summed E-state index contributed by atoms with van der Waals surface area (Å²) >= 11 is 0. The highest BCUT2D eigenvalue weighted by Crippen LogP contribution is 2.28. The maximum atomic E-state index is 11.2. The third-order valence-corrected chi connectivity index (χ3v) is 2.77. The van der Waals surface area contributed by atoms with Crippen LogP contribution in [0.1, 0.15) is 12.8 Å². The van der Waals surface area contributed by atoms with Crippen molar-refractivity contribution in [1.82, 2.24) is 0 Å². The summed E-state index contributed by atoms with van der Waals surface area (Å²) in [5.74, 6) is 0.588. The summed E-state index contributed by atoms with van der Waals surface area (Å²) in [6.45, 7) is 0.697. The Hall–Kier alpha value is -1.55. The number of esters is 1. The zero-order valence-electron chi connectivity index (χ0n) is 9.85. The van der Waals surface area contributed by atoms with E-state index in [9.17, 15) is 4.79 Å². The molecule has 1 aliphatic rings. The summed E-state index contributed by atoms with van der Waals surface area (Å²) in [5.41, 5.74) is -0.623.